The molecule has 1 heterocycles. The van der Waals surface area contributed by atoms with Gasteiger partial charge < -0.3 is 5.32 Å². The first-order chi connectivity index (χ1) is 12.2. The average molecular weight is 350 g/mol. The number of aromatic nitrogens is 1. The Kier molecular flexibility index (Phi) is 5.61. The molecule has 0 aliphatic carbocycles. The van der Waals surface area contributed by atoms with Crippen molar-refractivity contribution in [2.75, 3.05) is 5.32 Å². The Balaban J connectivity index is 1.73. The first-order valence-electron chi connectivity index (χ1n) is 8.63. The maximum absolute atomic E-state index is 12.2. The van der Waals surface area contributed by atoms with E-state index in [1.54, 1.807) is 0 Å². The van der Waals surface area contributed by atoms with Crippen molar-refractivity contribution in [3.05, 3.63) is 60.0 Å². The molecular weight excluding hydrogens is 328 g/mol. The van der Waals surface area contributed by atoms with Gasteiger partial charge in [0, 0.05) is 16.9 Å². The van der Waals surface area contributed by atoms with Crippen molar-refractivity contribution < 1.29 is 4.79 Å². The number of carbonyl (C=O) groups is 1. The van der Waals surface area contributed by atoms with E-state index < -0.39 is 0 Å². The smallest absolute Gasteiger partial charge is 0.229 e. The Morgan fingerprint density at radius 1 is 0.960 bits per heavy atom. The third-order valence-corrected chi connectivity index (χ3v) is 5.14. The van der Waals surface area contributed by atoms with Gasteiger partial charge in [0.1, 0.15) is 0 Å². The molecular formula is C21H22N2OS. The van der Waals surface area contributed by atoms with Crippen LogP contribution in [-0.4, -0.2) is 10.9 Å². The van der Waals surface area contributed by atoms with E-state index in [1.807, 2.05) is 37.4 Å². The van der Waals surface area contributed by atoms with Gasteiger partial charge in [0.2, 0.25) is 5.91 Å². The fraction of sp³-hybridized carbons (Fsp3) is 0.238. The molecule has 1 amide bonds. The van der Waals surface area contributed by atoms with Crippen molar-refractivity contribution in [2.24, 2.45) is 5.92 Å². The SMILES string of the molecule is CCC(CC)C(=O)Nc1nc(-c2ccc(-c3ccccc3)cc2)cs1. The lowest BCUT2D eigenvalue weighted by Crippen LogP contribution is -2.21. The van der Waals surface area contributed by atoms with Crippen LogP contribution in [0.5, 0.6) is 0 Å². The van der Waals surface area contributed by atoms with Gasteiger partial charge in [-0.3, -0.25) is 4.79 Å². The Morgan fingerprint density at radius 3 is 2.20 bits per heavy atom. The average Bonchev–Trinajstić information content (AvgIpc) is 3.12. The van der Waals surface area contributed by atoms with Gasteiger partial charge in [-0.15, -0.1) is 11.3 Å². The Bertz CT molecular complexity index is 821. The molecule has 3 rings (SSSR count). The maximum atomic E-state index is 12.2. The first kappa shape index (κ1) is 17.4. The molecule has 0 saturated carbocycles. The van der Waals surface area contributed by atoms with Gasteiger partial charge in [-0.1, -0.05) is 68.4 Å². The molecule has 25 heavy (non-hydrogen) atoms. The predicted molar refractivity (Wildman–Crippen MR) is 106 cm³/mol. The molecule has 0 radical (unpaired) electrons. The number of amides is 1. The standard InChI is InChI=1S/C21H22N2OS/c1-3-15(4-2)20(24)23-21-22-19(14-25-21)18-12-10-17(11-13-18)16-8-6-5-7-9-16/h5-15H,3-4H2,1-2H3,(H,22,23,24). The monoisotopic (exact) mass is 350 g/mol. The van der Waals surface area contributed by atoms with Crippen molar-refractivity contribution in [1.82, 2.24) is 4.98 Å². The topological polar surface area (TPSA) is 42.0 Å². The summed E-state index contributed by atoms with van der Waals surface area (Å²) in [6.45, 7) is 4.07. The number of thiazole rings is 1. The second-order valence-corrected chi connectivity index (χ2v) is 6.84. The van der Waals surface area contributed by atoms with Crippen molar-refractivity contribution >= 4 is 22.4 Å². The predicted octanol–water partition coefficient (Wildman–Crippen LogP) is 5.85. The van der Waals surface area contributed by atoms with Gasteiger partial charge in [0.15, 0.2) is 5.13 Å². The van der Waals surface area contributed by atoms with Crippen LogP contribution >= 0.6 is 11.3 Å². The van der Waals surface area contributed by atoms with Gasteiger partial charge in [-0.05, 0) is 24.0 Å². The van der Waals surface area contributed by atoms with E-state index in [1.165, 1.54) is 22.5 Å². The molecule has 0 fully saturated rings. The summed E-state index contributed by atoms with van der Waals surface area (Å²) < 4.78 is 0. The minimum atomic E-state index is 0.0532. The summed E-state index contributed by atoms with van der Waals surface area (Å²) in [5, 5.41) is 5.59. The number of nitrogens with zero attached hydrogens (tertiary/aromatic N) is 1. The second kappa shape index (κ2) is 8.08. The van der Waals surface area contributed by atoms with E-state index in [4.69, 9.17) is 0 Å². The molecule has 4 heteroatoms. The summed E-state index contributed by atoms with van der Waals surface area (Å²) in [5.41, 5.74) is 4.33. The van der Waals surface area contributed by atoms with Crippen LogP contribution in [0.1, 0.15) is 26.7 Å². The summed E-state index contributed by atoms with van der Waals surface area (Å²) >= 11 is 1.47. The highest BCUT2D eigenvalue weighted by Crippen LogP contribution is 2.28. The number of carbonyl (C=O) groups excluding carboxylic acids is 1. The van der Waals surface area contributed by atoms with Gasteiger partial charge in [-0.25, -0.2) is 4.98 Å². The number of benzene rings is 2. The molecule has 0 aliphatic rings. The Hall–Kier alpha value is -2.46. The highest BCUT2D eigenvalue weighted by atomic mass is 32.1. The quantitative estimate of drug-likeness (QED) is 0.606. The van der Waals surface area contributed by atoms with E-state index in [9.17, 15) is 4.79 Å². The largest absolute Gasteiger partial charge is 0.302 e. The molecule has 0 aliphatic heterocycles. The van der Waals surface area contributed by atoms with Crippen LogP contribution in [0.2, 0.25) is 0 Å². The van der Waals surface area contributed by atoms with Crippen molar-refractivity contribution in [3.8, 4) is 22.4 Å². The van der Waals surface area contributed by atoms with Gasteiger partial charge >= 0.3 is 0 Å². The summed E-state index contributed by atoms with van der Waals surface area (Å²) in [6.07, 6.45) is 1.70. The summed E-state index contributed by atoms with van der Waals surface area (Å²) in [5.74, 6) is 0.114. The molecule has 128 valence electrons. The van der Waals surface area contributed by atoms with Crippen LogP contribution in [0.15, 0.2) is 60.0 Å². The molecule has 0 saturated heterocycles. The van der Waals surface area contributed by atoms with Crippen LogP contribution in [0, 0.1) is 5.92 Å². The molecule has 0 atom stereocenters. The molecule has 0 spiro atoms. The fourth-order valence-corrected chi connectivity index (χ4v) is 3.52. The summed E-state index contributed by atoms with van der Waals surface area (Å²) in [4.78, 5) is 16.7. The van der Waals surface area contributed by atoms with E-state index in [0.29, 0.717) is 5.13 Å². The van der Waals surface area contributed by atoms with Gasteiger partial charge in [0.25, 0.3) is 0 Å². The van der Waals surface area contributed by atoms with Crippen molar-refractivity contribution in [1.29, 1.82) is 0 Å². The molecule has 0 unspecified atom stereocenters. The Morgan fingerprint density at radius 2 is 1.56 bits per heavy atom. The Labute approximate surface area is 152 Å². The van der Waals surface area contributed by atoms with Gasteiger partial charge in [-0.2, -0.15) is 0 Å². The molecule has 2 aromatic carbocycles. The molecule has 3 nitrogen and oxygen atoms in total. The van der Waals surface area contributed by atoms with Crippen molar-refractivity contribution in [2.45, 2.75) is 26.7 Å². The molecule has 1 aromatic heterocycles. The zero-order valence-corrected chi connectivity index (χ0v) is 15.3. The number of anilines is 1. The van der Waals surface area contributed by atoms with E-state index in [0.717, 1.165) is 24.1 Å². The lowest BCUT2D eigenvalue weighted by Gasteiger charge is -2.10. The number of hydrogen-bond acceptors (Lipinski definition) is 3. The molecule has 3 aromatic rings. The fourth-order valence-electron chi connectivity index (χ4n) is 2.79. The summed E-state index contributed by atoms with van der Waals surface area (Å²) in [6, 6.07) is 18.7. The molecule has 0 bridgehead atoms. The third-order valence-electron chi connectivity index (χ3n) is 4.38. The summed E-state index contributed by atoms with van der Waals surface area (Å²) in [7, 11) is 0. The molecule has 1 N–H and O–H groups in total. The number of hydrogen-bond donors (Lipinski definition) is 1. The minimum absolute atomic E-state index is 0.0532. The lowest BCUT2D eigenvalue weighted by atomic mass is 10.0. The highest BCUT2D eigenvalue weighted by Gasteiger charge is 2.15. The highest BCUT2D eigenvalue weighted by molar-refractivity contribution is 7.14. The number of rotatable bonds is 6. The normalized spacial score (nSPS) is 10.8. The first-order valence-corrected chi connectivity index (χ1v) is 9.51. The maximum Gasteiger partial charge on any atom is 0.229 e. The third kappa shape index (κ3) is 4.15. The second-order valence-electron chi connectivity index (χ2n) is 5.98. The van der Waals surface area contributed by atoms with Crippen LogP contribution in [-0.2, 0) is 4.79 Å². The van der Waals surface area contributed by atoms with Gasteiger partial charge in [0.05, 0.1) is 5.69 Å². The lowest BCUT2D eigenvalue weighted by molar-refractivity contribution is -0.120. The van der Waals surface area contributed by atoms with Crippen LogP contribution in [0.3, 0.4) is 0 Å². The van der Waals surface area contributed by atoms with E-state index >= 15 is 0 Å². The van der Waals surface area contributed by atoms with Crippen molar-refractivity contribution in [3.63, 3.8) is 0 Å². The minimum Gasteiger partial charge on any atom is -0.302 e. The van der Waals surface area contributed by atoms with Crippen LogP contribution in [0.25, 0.3) is 22.4 Å². The van der Waals surface area contributed by atoms with E-state index in [2.05, 4.69) is 46.7 Å². The number of nitrogens with one attached hydrogen (secondary N) is 1. The van der Waals surface area contributed by atoms with Crippen LogP contribution < -0.4 is 5.32 Å². The zero-order chi connectivity index (χ0) is 17.6. The zero-order valence-electron chi connectivity index (χ0n) is 14.5. The van der Waals surface area contributed by atoms with E-state index in [-0.39, 0.29) is 11.8 Å². The van der Waals surface area contributed by atoms with Crippen LogP contribution in [0.4, 0.5) is 5.13 Å².